The number of Topliss-reactive ketones (excluding diaryl/α,β-unsaturated/α-hetero) is 1. The van der Waals surface area contributed by atoms with E-state index < -0.39 is 5.41 Å². The van der Waals surface area contributed by atoms with E-state index >= 15 is 0 Å². The van der Waals surface area contributed by atoms with Gasteiger partial charge in [0.1, 0.15) is 17.6 Å². The minimum Gasteiger partial charge on any atom is -0.473 e. The van der Waals surface area contributed by atoms with Gasteiger partial charge in [0, 0.05) is 29.6 Å². The first-order chi connectivity index (χ1) is 17.5. The summed E-state index contributed by atoms with van der Waals surface area (Å²) in [5.74, 6) is 1.91. The quantitative estimate of drug-likeness (QED) is 0.456. The fourth-order valence-corrected chi connectivity index (χ4v) is 6.64. The zero-order valence-corrected chi connectivity index (χ0v) is 21.6. The molecule has 1 aliphatic heterocycles. The van der Waals surface area contributed by atoms with Crippen LogP contribution in [-0.4, -0.2) is 56.5 Å². The predicted molar refractivity (Wildman–Crippen MR) is 134 cm³/mol. The number of ether oxygens (including phenoxy) is 2. The second kappa shape index (κ2) is 9.55. The molecule has 190 valence electrons. The van der Waals surface area contributed by atoms with E-state index in [9.17, 15) is 4.79 Å². The van der Waals surface area contributed by atoms with Gasteiger partial charge in [0.25, 0.3) is 5.19 Å². The lowest BCUT2D eigenvalue weighted by Gasteiger charge is -2.37. The normalized spacial score (nSPS) is 25.2. The standard InChI is InChI=1S/C26H31N5O4S/c1-16(18-8-6-13-31(18)2)33-20-15-21(34-25-27-12-14-36-25)29-24(28-20)22-17-7-5-11-26(23(17)30-35-22)10-4-3-9-19(26)32/h12,14-16,18H,3-11,13H2,1-2H3/t16-,18-,26+/m0/s1. The van der Waals surface area contributed by atoms with Crippen molar-refractivity contribution in [3.63, 3.8) is 0 Å². The highest BCUT2D eigenvalue weighted by Crippen LogP contribution is 2.47. The summed E-state index contributed by atoms with van der Waals surface area (Å²) >= 11 is 1.38. The maximum absolute atomic E-state index is 13.1. The molecule has 2 aliphatic carbocycles. The van der Waals surface area contributed by atoms with Gasteiger partial charge in [0.2, 0.25) is 23.3 Å². The van der Waals surface area contributed by atoms with Crippen molar-refractivity contribution < 1.29 is 18.8 Å². The van der Waals surface area contributed by atoms with Crippen LogP contribution in [0.25, 0.3) is 11.6 Å². The lowest BCUT2D eigenvalue weighted by Crippen LogP contribution is -2.41. The van der Waals surface area contributed by atoms with E-state index in [0.29, 0.717) is 41.0 Å². The second-order valence-corrected chi connectivity index (χ2v) is 11.0. The molecule has 1 saturated carbocycles. The summed E-state index contributed by atoms with van der Waals surface area (Å²) in [6.45, 7) is 3.14. The summed E-state index contributed by atoms with van der Waals surface area (Å²) < 4.78 is 18.2. The Morgan fingerprint density at radius 2 is 2.03 bits per heavy atom. The van der Waals surface area contributed by atoms with Crippen molar-refractivity contribution in [2.45, 2.75) is 82.3 Å². The number of carbonyl (C=O) groups excluding carboxylic acids is 1. The molecule has 3 aromatic rings. The lowest BCUT2D eigenvalue weighted by molar-refractivity contribution is -0.127. The molecule has 36 heavy (non-hydrogen) atoms. The second-order valence-electron chi connectivity index (χ2n) is 10.2. The van der Waals surface area contributed by atoms with Gasteiger partial charge in [-0.05, 0) is 65.5 Å². The number of fused-ring (bicyclic) bond motifs is 2. The molecule has 3 atom stereocenters. The molecule has 3 aliphatic rings. The van der Waals surface area contributed by atoms with Crippen LogP contribution in [0, 0.1) is 0 Å². The van der Waals surface area contributed by atoms with Crippen LogP contribution in [-0.2, 0) is 16.6 Å². The van der Waals surface area contributed by atoms with Crippen molar-refractivity contribution >= 4 is 17.1 Å². The number of aromatic nitrogens is 4. The highest BCUT2D eigenvalue weighted by molar-refractivity contribution is 7.11. The van der Waals surface area contributed by atoms with E-state index in [1.54, 1.807) is 12.3 Å². The van der Waals surface area contributed by atoms with Crippen LogP contribution in [0.1, 0.15) is 69.5 Å². The SMILES string of the molecule is C[C@H](Oc1cc(Oc2nccs2)nc(-c2onc3c2CCC[C@@]32CCCCC2=O)n1)[C@@H]1CCCN1C. The van der Waals surface area contributed by atoms with E-state index in [4.69, 9.17) is 19.0 Å². The zero-order chi connectivity index (χ0) is 24.7. The molecule has 0 bridgehead atoms. The van der Waals surface area contributed by atoms with Crippen LogP contribution >= 0.6 is 11.3 Å². The summed E-state index contributed by atoms with van der Waals surface area (Å²) in [6, 6.07) is 2.02. The fourth-order valence-electron chi connectivity index (χ4n) is 6.15. The number of likely N-dealkylation sites (N-methyl/N-ethyl adjacent to an activating group) is 1. The first-order valence-electron chi connectivity index (χ1n) is 12.9. The minimum absolute atomic E-state index is 0.0558. The van der Waals surface area contributed by atoms with Crippen molar-refractivity contribution in [3.05, 3.63) is 28.9 Å². The molecular weight excluding hydrogens is 478 g/mol. The first kappa shape index (κ1) is 23.5. The highest BCUT2D eigenvalue weighted by Gasteiger charge is 2.48. The topological polar surface area (TPSA) is 103 Å². The molecule has 9 nitrogen and oxygen atoms in total. The smallest absolute Gasteiger partial charge is 0.279 e. The molecule has 2 fully saturated rings. The van der Waals surface area contributed by atoms with Gasteiger partial charge < -0.3 is 14.0 Å². The summed E-state index contributed by atoms with van der Waals surface area (Å²) in [7, 11) is 2.13. The van der Waals surface area contributed by atoms with E-state index in [0.717, 1.165) is 69.2 Å². The average Bonchev–Trinajstić information content (AvgIpc) is 3.62. The molecule has 0 radical (unpaired) electrons. The van der Waals surface area contributed by atoms with Gasteiger partial charge in [-0.15, -0.1) is 0 Å². The molecule has 4 heterocycles. The van der Waals surface area contributed by atoms with Crippen LogP contribution in [0.15, 0.2) is 22.2 Å². The van der Waals surface area contributed by atoms with Crippen LogP contribution < -0.4 is 9.47 Å². The first-order valence-corrected chi connectivity index (χ1v) is 13.8. The van der Waals surface area contributed by atoms with Crippen molar-refractivity contribution in [2.75, 3.05) is 13.6 Å². The fraction of sp³-hybridized carbons (Fsp3) is 0.577. The maximum Gasteiger partial charge on any atom is 0.279 e. The Kier molecular flexibility index (Phi) is 6.25. The number of carbonyl (C=O) groups is 1. The van der Waals surface area contributed by atoms with Crippen molar-refractivity contribution in [1.82, 2.24) is 25.0 Å². The number of nitrogens with zero attached hydrogens (tertiary/aromatic N) is 5. The summed E-state index contributed by atoms with van der Waals surface area (Å²) in [5.41, 5.74) is 1.20. The Labute approximate surface area is 214 Å². The molecular formula is C26H31N5O4S. The molecule has 0 unspecified atom stereocenters. The van der Waals surface area contributed by atoms with Crippen LogP contribution in [0.2, 0.25) is 0 Å². The minimum atomic E-state index is -0.524. The number of hydrogen-bond acceptors (Lipinski definition) is 10. The van der Waals surface area contributed by atoms with Gasteiger partial charge in [0.05, 0.1) is 11.5 Å². The Morgan fingerprint density at radius 1 is 1.17 bits per heavy atom. The average molecular weight is 510 g/mol. The van der Waals surface area contributed by atoms with Gasteiger partial charge in [-0.1, -0.05) is 22.9 Å². The van der Waals surface area contributed by atoms with Crippen LogP contribution in [0.4, 0.5) is 0 Å². The molecule has 6 rings (SSSR count). The largest absolute Gasteiger partial charge is 0.473 e. The van der Waals surface area contributed by atoms with E-state index in [-0.39, 0.29) is 11.9 Å². The van der Waals surface area contributed by atoms with E-state index in [1.165, 1.54) is 11.3 Å². The van der Waals surface area contributed by atoms with Crippen molar-refractivity contribution in [1.29, 1.82) is 0 Å². The number of ketones is 1. The maximum atomic E-state index is 13.1. The third kappa shape index (κ3) is 4.20. The Morgan fingerprint density at radius 3 is 2.81 bits per heavy atom. The number of rotatable bonds is 6. The summed E-state index contributed by atoms with van der Waals surface area (Å²) in [4.78, 5) is 29.0. The third-order valence-electron chi connectivity index (χ3n) is 7.97. The number of thiazole rings is 1. The van der Waals surface area contributed by atoms with E-state index in [2.05, 4.69) is 34.0 Å². The summed E-state index contributed by atoms with van der Waals surface area (Å²) in [5, 5.41) is 6.79. The predicted octanol–water partition coefficient (Wildman–Crippen LogP) is 4.96. The van der Waals surface area contributed by atoms with Gasteiger partial charge in [-0.2, -0.15) is 9.97 Å². The van der Waals surface area contributed by atoms with Crippen molar-refractivity contribution in [3.8, 4) is 28.5 Å². The van der Waals surface area contributed by atoms with Gasteiger partial charge in [-0.25, -0.2) is 4.98 Å². The van der Waals surface area contributed by atoms with Crippen LogP contribution in [0.3, 0.4) is 0 Å². The molecule has 0 N–H and O–H groups in total. The van der Waals surface area contributed by atoms with Crippen LogP contribution in [0.5, 0.6) is 17.0 Å². The monoisotopic (exact) mass is 509 g/mol. The summed E-state index contributed by atoms with van der Waals surface area (Å²) in [6.07, 6.45) is 9.84. The van der Waals surface area contributed by atoms with E-state index in [1.807, 2.05) is 5.38 Å². The lowest BCUT2D eigenvalue weighted by atomic mass is 9.64. The Bertz CT molecular complexity index is 1250. The zero-order valence-electron chi connectivity index (χ0n) is 20.7. The third-order valence-corrected chi connectivity index (χ3v) is 8.62. The Balaban J connectivity index is 1.37. The molecule has 1 saturated heterocycles. The van der Waals surface area contributed by atoms with Gasteiger partial charge >= 0.3 is 0 Å². The molecule has 10 heteroatoms. The van der Waals surface area contributed by atoms with Crippen molar-refractivity contribution in [2.24, 2.45) is 0 Å². The number of hydrogen-bond donors (Lipinski definition) is 0. The number of likely N-dealkylation sites (tertiary alicyclic amines) is 1. The molecule has 3 aromatic heterocycles. The molecule has 1 spiro atoms. The Hall–Kier alpha value is -2.85. The highest BCUT2D eigenvalue weighted by atomic mass is 32.1. The van der Waals surface area contributed by atoms with Gasteiger partial charge in [0.15, 0.2) is 0 Å². The van der Waals surface area contributed by atoms with Gasteiger partial charge in [-0.3, -0.25) is 9.69 Å². The molecule has 0 amide bonds. The molecule has 0 aromatic carbocycles.